The van der Waals surface area contributed by atoms with Gasteiger partial charge in [0.2, 0.25) is 11.2 Å². The fraction of sp³-hybridized carbons (Fsp3) is 0.684. The number of imidazole rings is 1. The molecule has 156 valence electrons. The van der Waals surface area contributed by atoms with Gasteiger partial charge in [0.15, 0.2) is 11.2 Å². The lowest BCUT2D eigenvalue weighted by atomic mass is 10.1. The van der Waals surface area contributed by atoms with E-state index in [1.807, 2.05) is 4.90 Å². The quantitative estimate of drug-likeness (QED) is 0.622. The van der Waals surface area contributed by atoms with Crippen molar-refractivity contribution < 1.29 is 4.79 Å². The zero-order valence-corrected chi connectivity index (χ0v) is 18.3. The molecule has 0 unspecified atom stereocenters. The molecule has 2 aromatic heterocycles. The van der Waals surface area contributed by atoms with Crippen LogP contribution in [-0.2, 0) is 25.4 Å². The van der Waals surface area contributed by atoms with Crippen LogP contribution in [0.2, 0.25) is 5.28 Å². The standard InChI is InChI=1S/C19H30ClN5O3/c1-12(2)7-9-24(10-8-13(3)4)14(26)11-25-15-16(21-18(25)20)22(5)19(28)23(6)17(15)27/h12-13H,7-11H2,1-6H3. The van der Waals surface area contributed by atoms with Crippen molar-refractivity contribution in [1.29, 1.82) is 0 Å². The Hall–Kier alpha value is -2.09. The SMILES string of the molecule is CC(C)CCN(CCC(C)C)C(=O)Cn1c(Cl)nc2c1c(=O)n(C)c(=O)n2C. The molecular weight excluding hydrogens is 382 g/mol. The van der Waals surface area contributed by atoms with E-state index in [0.717, 1.165) is 17.4 Å². The number of hydrogen-bond donors (Lipinski definition) is 0. The third-order valence-corrected chi connectivity index (χ3v) is 5.19. The molecule has 9 heteroatoms. The van der Waals surface area contributed by atoms with E-state index >= 15 is 0 Å². The van der Waals surface area contributed by atoms with Crippen LogP contribution in [0.3, 0.4) is 0 Å². The summed E-state index contributed by atoms with van der Waals surface area (Å²) in [5, 5.41) is 0.0225. The third kappa shape index (κ3) is 4.66. The third-order valence-electron chi connectivity index (χ3n) is 4.90. The number of hydrogen-bond acceptors (Lipinski definition) is 4. The largest absolute Gasteiger partial charge is 0.341 e. The van der Waals surface area contributed by atoms with Crippen LogP contribution in [0.15, 0.2) is 9.59 Å². The van der Waals surface area contributed by atoms with Gasteiger partial charge in [0.1, 0.15) is 6.54 Å². The number of halogens is 1. The number of aromatic nitrogens is 4. The molecule has 8 nitrogen and oxygen atoms in total. The summed E-state index contributed by atoms with van der Waals surface area (Å²) in [4.78, 5) is 43.7. The van der Waals surface area contributed by atoms with Crippen molar-refractivity contribution >= 4 is 28.7 Å². The molecule has 2 rings (SSSR count). The van der Waals surface area contributed by atoms with Crippen molar-refractivity contribution in [2.75, 3.05) is 13.1 Å². The number of nitrogens with zero attached hydrogens (tertiary/aromatic N) is 5. The predicted octanol–water partition coefficient (Wildman–Crippen LogP) is 2.01. The monoisotopic (exact) mass is 411 g/mol. The topological polar surface area (TPSA) is 82.1 Å². The maximum Gasteiger partial charge on any atom is 0.332 e. The summed E-state index contributed by atoms with van der Waals surface area (Å²) in [6.45, 7) is 9.71. The van der Waals surface area contributed by atoms with Crippen LogP contribution in [0.4, 0.5) is 0 Å². The van der Waals surface area contributed by atoms with Crippen LogP contribution in [-0.4, -0.2) is 42.6 Å². The van der Waals surface area contributed by atoms with E-state index in [9.17, 15) is 14.4 Å². The second kappa shape index (κ2) is 8.94. The molecule has 0 saturated heterocycles. The molecule has 0 spiro atoms. The summed E-state index contributed by atoms with van der Waals surface area (Å²) in [7, 11) is 2.92. The van der Waals surface area contributed by atoms with Crippen LogP contribution in [0, 0.1) is 11.8 Å². The Balaban J connectivity index is 2.40. The summed E-state index contributed by atoms with van der Waals surface area (Å²) in [6.07, 6.45) is 1.80. The molecule has 0 aliphatic carbocycles. The Kier molecular flexibility index (Phi) is 7.09. The molecule has 0 aromatic carbocycles. The molecule has 1 amide bonds. The lowest BCUT2D eigenvalue weighted by molar-refractivity contribution is -0.132. The summed E-state index contributed by atoms with van der Waals surface area (Å²) < 4.78 is 3.66. The van der Waals surface area contributed by atoms with Crippen LogP contribution in [0.1, 0.15) is 40.5 Å². The highest BCUT2D eigenvalue weighted by Gasteiger charge is 2.22. The molecule has 0 fully saturated rings. The van der Waals surface area contributed by atoms with E-state index < -0.39 is 11.2 Å². The van der Waals surface area contributed by atoms with Crippen LogP contribution in [0.25, 0.3) is 11.2 Å². The molecule has 0 aliphatic heterocycles. The van der Waals surface area contributed by atoms with Crippen LogP contribution in [0.5, 0.6) is 0 Å². The highest BCUT2D eigenvalue weighted by atomic mass is 35.5. The Morgan fingerprint density at radius 1 is 1.04 bits per heavy atom. The molecule has 28 heavy (non-hydrogen) atoms. The highest BCUT2D eigenvalue weighted by molar-refractivity contribution is 6.29. The average molecular weight is 412 g/mol. The Bertz CT molecular complexity index is 959. The molecular formula is C19H30ClN5O3. The van der Waals surface area contributed by atoms with Crippen molar-refractivity contribution in [1.82, 2.24) is 23.6 Å². The molecule has 2 aromatic rings. The van der Waals surface area contributed by atoms with Gasteiger partial charge in [0, 0.05) is 27.2 Å². The first kappa shape index (κ1) is 22.2. The maximum atomic E-state index is 13.0. The van der Waals surface area contributed by atoms with Gasteiger partial charge in [-0.25, -0.2) is 4.79 Å². The predicted molar refractivity (Wildman–Crippen MR) is 111 cm³/mol. The van der Waals surface area contributed by atoms with E-state index in [1.54, 1.807) is 0 Å². The van der Waals surface area contributed by atoms with E-state index in [4.69, 9.17) is 11.6 Å². The zero-order chi connectivity index (χ0) is 21.2. The van der Waals surface area contributed by atoms with Crippen molar-refractivity contribution in [2.24, 2.45) is 25.9 Å². The summed E-state index contributed by atoms with van der Waals surface area (Å²) in [5.41, 5.74) is -0.653. The molecule has 2 heterocycles. The fourth-order valence-electron chi connectivity index (χ4n) is 2.99. The average Bonchev–Trinajstić information content (AvgIpc) is 2.94. The molecule has 0 saturated carbocycles. The van der Waals surface area contributed by atoms with Crippen molar-refractivity contribution in [3.63, 3.8) is 0 Å². The summed E-state index contributed by atoms with van der Waals surface area (Å²) in [6, 6.07) is 0. The first-order valence-corrected chi connectivity index (χ1v) is 10.0. The number of amides is 1. The first-order valence-electron chi connectivity index (χ1n) is 9.64. The minimum atomic E-state index is -0.513. The van der Waals surface area contributed by atoms with E-state index in [2.05, 4.69) is 32.7 Å². The number of carbonyl (C=O) groups excluding carboxylic acids is 1. The smallest absolute Gasteiger partial charge is 0.332 e. The van der Waals surface area contributed by atoms with Gasteiger partial charge in [0.25, 0.3) is 5.56 Å². The van der Waals surface area contributed by atoms with Crippen molar-refractivity contribution in [3.05, 3.63) is 26.1 Å². The summed E-state index contributed by atoms with van der Waals surface area (Å²) >= 11 is 6.24. The lowest BCUT2D eigenvalue weighted by Crippen LogP contribution is -2.39. The molecule has 0 aliphatic rings. The lowest BCUT2D eigenvalue weighted by Gasteiger charge is -2.25. The number of carbonyl (C=O) groups is 1. The normalized spacial score (nSPS) is 11.8. The second-order valence-electron chi connectivity index (χ2n) is 8.09. The van der Waals surface area contributed by atoms with Gasteiger partial charge in [-0.3, -0.25) is 23.3 Å². The second-order valence-corrected chi connectivity index (χ2v) is 8.43. The van der Waals surface area contributed by atoms with Gasteiger partial charge < -0.3 is 4.90 Å². The van der Waals surface area contributed by atoms with E-state index in [0.29, 0.717) is 24.9 Å². The van der Waals surface area contributed by atoms with Crippen molar-refractivity contribution in [2.45, 2.75) is 47.1 Å². The Morgan fingerprint density at radius 2 is 1.57 bits per heavy atom. The summed E-state index contributed by atoms with van der Waals surface area (Å²) in [5.74, 6) is 0.848. The van der Waals surface area contributed by atoms with E-state index in [1.165, 1.54) is 23.2 Å². The molecule has 0 atom stereocenters. The number of fused-ring (bicyclic) bond motifs is 1. The fourth-order valence-corrected chi connectivity index (χ4v) is 3.21. The van der Waals surface area contributed by atoms with Crippen LogP contribution < -0.4 is 11.2 Å². The zero-order valence-electron chi connectivity index (χ0n) is 17.5. The number of rotatable bonds is 8. The van der Waals surface area contributed by atoms with Gasteiger partial charge in [-0.2, -0.15) is 4.98 Å². The van der Waals surface area contributed by atoms with E-state index in [-0.39, 0.29) is 28.9 Å². The molecule has 0 bridgehead atoms. The Morgan fingerprint density at radius 3 is 2.07 bits per heavy atom. The first-order chi connectivity index (χ1) is 13.0. The molecule has 0 N–H and O–H groups in total. The van der Waals surface area contributed by atoms with Gasteiger partial charge in [-0.15, -0.1) is 0 Å². The van der Waals surface area contributed by atoms with Gasteiger partial charge in [0.05, 0.1) is 0 Å². The van der Waals surface area contributed by atoms with Gasteiger partial charge >= 0.3 is 5.69 Å². The van der Waals surface area contributed by atoms with Gasteiger partial charge in [-0.05, 0) is 36.3 Å². The maximum absolute atomic E-state index is 13.0. The highest BCUT2D eigenvalue weighted by Crippen LogP contribution is 2.16. The van der Waals surface area contributed by atoms with Crippen LogP contribution >= 0.6 is 11.6 Å². The van der Waals surface area contributed by atoms with Crippen molar-refractivity contribution in [3.8, 4) is 0 Å². The number of aryl methyl sites for hydroxylation is 1. The minimum Gasteiger partial charge on any atom is -0.341 e. The minimum absolute atomic E-state index is 0.0225. The van der Waals surface area contributed by atoms with Gasteiger partial charge in [-0.1, -0.05) is 27.7 Å². The molecule has 0 radical (unpaired) electrons. The Labute approximate surface area is 169 Å².